The van der Waals surface area contributed by atoms with Gasteiger partial charge in [0.05, 0.1) is 98.0 Å². The molecule has 6 aliphatic heterocycles. The van der Waals surface area contributed by atoms with Gasteiger partial charge < -0.3 is 123 Å². The molecule has 6 saturated heterocycles. The van der Waals surface area contributed by atoms with Crippen molar-refractivity contribution in [3.8, 4) is 0 Å². The van der Waals surface area contributed by atoms with Crippen molar-refractivity contribution in [2.75, 3.05) is 75.6 Å². The lowest BCUT2D eigenvalue weighted by Crippen LogP contribution is -2.61. The quantitative estimate of drug-likeness (QED) is 0.0766. The molecule has 11 N–H and O–H groups in total. The van der Waals surface area contributed by atoms with Gasteiger partial charge in [0.2, 0.25) is 10.0 Å². The van der Waals surface area contributed by atoms with Gasteiger partial charge in [0.15, 0.2) is 25.2 Å². The van der Waals surface area contributed by atoms with Crippen LogP contribution in [0.4, 0.5) is 0 Å². The van der Waals surface area contributed by atoms with Gasteiger partial charge in [-0.15, -0.1) is 0 Å². The van der Waals surface area contributed by atoms with Gasteiger partial charge in [0, 0.05) is 89.2 Å². The first-order chi connectivity index (χ1) is 53.9. The second-order valence-electron chi connectivity index (χ2n) is 36.8. The molecule has 0 aliphatic carbocycles. The summed E-state index contributed by atoms with van der Waals surface area (Å²) in [6.07, 6.45) is -18.0. The van der Waals surface area contributed by atoms with E-state index in [1.54, 1.807) is 104 Å². The molecule has 31 nitrogen and oxygen atoms in total. The van der Waals surface area contributed by atoms with Gasteiger partial charge >= 0.3 is 11.9 Å². The molecule has 6 fully saturated rings. The molecule has 0 saturated carbocycles. The predicted octanol–water partition coefficient (Wildman–Crippen LogP) is 5.46. The Morgan fingerprint density at radius 1 is 0.547 bits per heavy atom. The average molecular weight is 1740 g/mol. The Bertz CT molecular complexity index is 3400. The molecule has 0 unspecified atom stereocenters. The fraction of sp³-hybridized carbons (Fsp3) is 0.904. The number of aliphatic hydroxyl groups is 10. The largest absolute Gasteiger partial charge is 0.459 e. The summed E-state index contributed by atoms with van der Waals surface area (Å²) in [5.41, 5.74) is -9.00. The van der Waals surface area contributed by atoms with Gasteiger partial charge in [-0.3, -0.25) is 14.5 Å². The number of aliphatic hydroxyl groups excluding tert-OH is 6. The van der Waals surface area contributed by atoms with E-state index in [0.29, 0.717) is 25.9 Å². The molecule has 0 bridgehead atoms. The second-order valence-corrected chi connectivity index (χ2v) is 39.4. The third-order valence-electron chi connectivity index (χ3n) is 26.3. The van der Waals surface area contributed by atoms with Gasteiger partial charge in [0.1, 0.15) is 60.0 Å². The zero-order chi connectivity index (χ0) is 88.8. The third-order valence-corrected chi connectivity index (χ3v) is 28.5. The number of methoxy groups -OCH3 is 2. The topological polar surface area (TPSA) is 406 Å². The molecule has 1 aromatic carbocycles. The molecule has 0 amide bonds. The summed E-state index contributed by atoms with van der Waals surface area (Å²) in [6.45, 7) is 35.8. The molecule has 7 rings (SSSR count). The van der Waals surface area contributed by atoms with E-state index >= 15 is 0 Å². The first kappa shape index (κ1) is 103. The van der Waals surface area contributed by atoms with E-state index in [1.807, 2.05) is 75.4 Å². The second kappa shape index (κ2) is 42.3. The summed E-state index contributed by atoms with van der Waals surface area (Å²) in [4.78, 5) is 36.1. The number of nitrogens with zero attached hydrogens (tertiary/aromatic N) is 4. The molecular formula is C83H149Cl2N5O26S. The van der Waals surface area contributed by atoms with Crippen molar-refractivity contribution < 1.29 is 126 Å². The molecule has 0 aromatic heterocycles. The number of benzene rings is 1. The molecule has 1 aromatic rings. The van der Waals surface area contributed by atoms with Crippen molar-refractivity contribution in [1.82, 2.24) is 24.3 Å². The average Bonchev–Trinajstić information content (AvgIpc) is 1.61. The van der Waals surface area contributed by atoms with E-state index in [9.17, 15) is 69.1 Å². The van der Waals surface area contributed by atoms with Crippen LogP contribution in [0.15, 0.2) is 23.1 Å². The van der Waals surface area contributed by atoms with Crippen molar-refractivity contribution in [3.05, 3.63) is 28.2 Å². The van der Waals surface area contributed by atoms with Crippen LogP contribution in [0, 0.1) is 35.5 Å². The number of esters is 2. The summed E-state index contributed by atoms with van der Waals surface area (Å²) in [6, 6.07) is 2.03. The highest BCUT2D eigenvalue weighted by molar-refractivity contribution is 7.89. The minimum Gasteiger partial charge on any atom is -0.459 e. The number of likely N-dealkylation sites (N-methyl/N-ethyl adjacent to an activating group) is 4. The first-order valence-electron chi connectivity index (χ1n) is 41.9. The number of nitrogens with one attached hydrogen (secondary N) is 1. The zero-order valence-electron chi connectivity index (χ0n) is 74.5. The van der Waals surface area contributed by atoms with Crippen molar-refractivity contribution >= 4 is 45.2 Å². The van der Waals surface area contributed by atoms with Crippen molar-refractivity contribution in [1.29, 1.82) is 0 Å². The smallest absolute Gasteiger partial charge is 0.311 e. The number of hydrogen-bond acceptors (Lipinski definition) is 30. The number of cyclic esters (lactones) is 2. The minimum absolute atomic E-state index is 0.0122. The highest BCUT2D eigenvalue weighted by Crippen LogP contribution is 2.44. The van der Waals surface area contributed by atoms with Gasteiger partial charge in [0.25, 0.3) is 0 Å². The van der Waals surface area contributed by atoms with E-state index in [2.05, 4.69) is 4.72 Å². The van der Waals surface area contributed by atoms with E-state index in [0.717, 1.165) is 0 Å². The Labute approximate surface area is 706 Å². The monoisotopic (exact) mass is 1730 g/mol. The number of ether oxygens (including phenoxy) is 12. The van der Waals surface area contributed by atoms with Crippen LogP contribution in [0.25, 0.3) is 0 Å². The lowest BCUT2D eigenvalue weighted by atomic mass is 9.77. The van der Waals surface area contributed by atoms with Crippen LogP contribution in [-0.2, 0) is 76.5 Å². The van der Waals surface area contributed by atoms with E-state index < -0.39 is 214 Å². The summed E-state index contributed by atoms with van der Waals surface area (Å²) in [7, 11) is 8.21. The van der Waals surface area contributed by atoms with Crippen LogP contribution in [-0.4, -0.2) is 347 Å². The maximum atomic E-state index is 14.4. The summed E-state index contributed by atoms with van der Waals surface area (Å²) < 4.78 is 104. The number of carbonyl (C=O) groups is 2. The van der Waals surface area contributed by atoms with Gasteiger partial charge in [-0.05, 0) is 201 Å². The molecule has 0 radical (unpaired) electrons. The van der Waals surface area contributed by atoms with Gasteiger partial charge in [-0.25, -0.2) is 13.1 Å². The number of halogens is 2. The molecule has 117 heavy (non-hydrogen) atoms. The third kappa shape index (κ3) is 25.1. The van der Waals surface area contributed by atoms with Crippen molar-refractivity contribution in [2.24, 2.45) is 35.5 Å². The molecular weight excluding hydrogens is 1590 g/mol. The molecule has 6 aliphatic rings. The maximum Gasteiger partial charge on any atom is 0.311 e. The first-order valence-corrected chi connectivity index (χ1v) is 44.1. The summed E-state index contributed by atoms with van der Waals surface area (Å²) >= 11 is 12.1. The van der Waals surface area contributed by atoms with Crippen molar-refractivity contribution in [2.45, 2.75) is 375 Å². The fourth-order valence-corrected chi connectivity index (χ4v) is 20.1. The van der Waals surface area contributed by atoms with Crippen LogP contribution in [0.1, 0.15) is 190 Å². The zero-order valence-corrected chi connectivity index (χ0v) is 76.8. The highest BCUT2D eigenvalue weighted by Gasteiger charge is 2.57. The van der Waals surface area contributed by atoms with Crippen molar-refractivity contribution in [3.63, 3.8) is 0 Å². The molecule has 36 atom stereocenters. The highest BCUT2D eigenvalue weighted by atomic mass is 35.5. The van der Waals surface area contributed by atoms with Crippen LogP contribution in [0.2, 0.25) is 10.0 Å². The number of hydrogen-bond donors (Lipinski definition) is 11. The van der Waals surface area contributed by atoms with E-state index in [-0.39, 0.29) is 90.5 Å². The minimum atomic E-state index is -3.95. The molecule has 682 valence electrons. The van der Waals surface area contributed by atoms with Crippen LogP contribution >= 0.6 is 23.2 Å². The Kier molecular flexibility index (Phi) is 37.4. The van der Waals surface area contributed by atoms with Gasteiger partial charge in [-0.1, -0.05) is 64.7 Å². The number of sulfonamides is 1. The van der Waals surface area contributed by atoms with E-state index in [1.165, 1.54) is 46.3 Å². The molecule has 34 heteroatoms. The number of rotatable bonds is 19. The SMILES string of the molecule is CC[C@H]1OC(=O)[C@H](C)[C@@H](O[C@H]2C[C@@](C)(OC)[C@@H](O)[C@H](C)O2)[C@H](C)[C@@H](O[C@@H]2O[C@H](C)C[C@H](N(C)C)[C@H]2O)[C@](C)(O)C[C@@H](C)CN(C)[C@H](C)[C@@H](O)[C@]1(C)O.CC[C@H]1OC(=O)[C@H](C)[C@@H](O[C@H]2C[C@@](C)(OC)[C@@H](O)[C@H](C)O2)[C@H](C)[C@@H](O[C@@H]2O[C@H](C)C[C@H](N(C)CCNS(=O)(=O)c3ccc(Cl)c(Cl)c3)[C@H]2O)[C@](C)(O)C[C@@H](C)CN(C)[C@H](C)[C@@H](O)[C@]1(C)O. The molecule has 6 heterocycles. The number of carbonyl (C=O) groups excluding carboxylic acids is 2. The lowest BCUT2D eigenvalue weighted by molar-refractivity contribution is -0.318. The summed E-state index contributed by atoms with van der Waals surface area (Å²) in [5, 5.41) is 118. The molecule has 0 spiro atoms. The Balaban J connectivity index is 0.000000373. The maximum absolute atomic E-state index is 14.4. The normalized spacial score (nSPS) is 45.5. The van der Waals surface area contributed by atoms with Crippen LogP contribution < -0.4 is 4.72 Å². The summed E-state index contributed by atoms with van der Waals surface area (Å²) in [5.74, 6) is -5.53. The van der Waals surface area contributed by atoms with E-state index in [4.69, 9.17) is 80.0 Å². The van der Waals surface area contributed by atoms with Gasteiger partial charge in [-0.2, -0.15) is 0 Å². The Morgan fingerprint density at radius 3 is 1.28 bits per heavy atom. The van der Waals surface area contributed by atoms with Crippen LogP contribution in [0.3, 0.4) is 0 Å². The standard InChI is InChI=1S/C45H77Cl2N3O14S.C38H72N2O12/c1-14-34-45(10,56)38(52)28(6)50(12)23-24(2)21-43(8,55)40(26(4)37(27(5)41(54)62-34)63-35-22-44(9,59-13)39(53)29(7)61-35)64-42-36(51)33(19-25(3)60-42)49(11)18-17-48-65(57,58)30-15-16-31(46)32(47)20-30;1-15-27-38(10,46)31(42)24(6)40(13)19-20(2)17-36(8,45)33(52-35-29(41)26(39(11)12)16-21(3)48-35)22(4)30(23(5)34(44)50-27)51-28-18-37(9,47-14)32(43)25(7)49-28/h15-16,20,24-29,33-40,42,48,51-53,55-56H,14,17-19,21-23H2,1-13H3;20-33,35,41-43,45-46H,15-19H2,1-14H3/t24-,25-,26+,27-,28-,29+,33+,34-,35+,36-,37+,38-,39+,40-,42+,43-,44-,45-;20-,21-,22+,23-,24-,25+,26+,27-,28+,29-,30+,31-,32+,33-,35+,36-,37-,38-/m11/s1. The Morgan fingerprint density at radius 2 is 0.923 bits per heavy atom. The fourth-order valence-electron chi connectivity index (χ4n) is 18.6. The Hall–Kier alpha value is -2.31. The lowest BCUT2D eigenvalue weighted by Gasteiger charge is -2.49. The predicted molar refractivity (Wildman–Crippen MR) is 439 cm³/mol. The van der Waals surface area contributed by atoms with Crippen LogP contribution in [0.5, 0.6) is 0 Å².